The van der Waals surface area contributed by atoms with Gasteiger partial charge in [-0.1, -0.05) is 20.8 Å². The van der Waals surface area contributed by atoms with Gasteiger partial charge in [-0.15, -0.1) is 11.3 Å². The summed E-state index contributed by atoms with van der Waals surface area (Å²) >= 11 is 1.59. The molecule has 0 aliphatic heterocycles. The lowest BCUT2D eigenvalue weighted by Crippen LogP contribution is -2.26. The maximum Gasteiger partial charge on any atom is 0.264 e. The van der Waals surface area contributed by atoms with Gasteiger partial charge in [0.1, 0.15) is 11.5 Å². The highest BCUT2D eigenvalue weighted by Crippen LogP contribution is 2.40. The molecule has 1 atom stereocenters. The summed E-state index contributed by atoms with van der Waals surface area (Å²) in [7, 11) is 1.61. The number of carbonyl (C=O) groups is 1. The molecule has 0 spiro atoms. The molecule has 6 heteroatoms. The number of anilines is 1. The van der Waals surface area contributed by atoms with Gasteiger partial charge in [0.2, 0.25) is 0 Å². The molecule has 1 N–H and O–H groups in total. The van der Waals surface area contributed by atoms with E-state index >= 15 is 0 Å². The summed E-state index contributed by atoms with van der Waals surface area (Å²) < 4.78 is 10.6. The molecule has 1 aliphatic carbocycles. The molecule has 0 radical (unpaired) electrons. The van der Waals surface area contributed by atoms with Crippen LogP contribution in [0.2, 0.25) is 0 Å². The second kappa shape index (κ2) is 7.66. The lowest BCUT2D eigenvalue weighted by Gasteiger charge is -2.33. The molecule has 1 aliphatic rings. The topological polar surface area (TPSA) is 60.5 Å². The number of aryl methyl sites for hydroxylation is 1. The first kappa shape index (κ1) is 18.7. The summed E-state index contributed by atoms with van der Waals surface area (Å²) in [5.41, 5.74) is 1.44. The first-order valence-corrected chi connectivity index (χ1v) is 9.72. The van der Waals surface area contributed by atoms with E-state index in [0.29, 0.717) is 22.2 Å². The van der Waals surface area contributed by atoms with E-state index in [0.717, 1.165) is 30.7 Å². The average Bonchev–Trinajstić information content (AvgIpc) is 3.01. The lowest BCUT2D eigenvalue weighted by molar-refractivity contribution is -0.118. The van der Waals surface area contributed by atoms with Crippen molar-refractivity contribution < 1.29 is 14.3 Å². The lowest BCUT2D eigenvalue weighted by atomic mass is 9.73. The molecule has 5 nitrogen and oxygen atoms in total. The first-order chi connectivity index (χ1) is 12.3. The van der Waals surface area contributed by atoms with Gasteiger partial charge in [0, 0.05) is 4.88 Å². The van der Waals surface area contributed by atoms with E-state index in [9.17, 15) is 4.79 Å². The Kier molecular flexibility index (Phi) is 5.51. The average molecular weight is 375 g/mol. The van der Waals surface area contributed by atoms with Crippen LogP contribution in [0.3, 0.4) is 0 Å². The van der Waals surface area contributed by atoms with Crippen molar-refractivity contribution in [1.82, 2.24) is 4.98 Å². The Morgan fingerprint density at radius 2 is 1.96 bits per heavy atom. The fourth-order valence-electron chi connectivity index (χ4n) is 3.14. The molecule has 0 bridgehead atoms. The molecule has 0 saturated heterocycles. The number of fused-ring (bicyclic) bond motifs is 1. The second-order valence-electron chi connectivity index (χ2n) is 7.71. The van der Waals surface area contributed by atoms with Gasteiger partial charge < -0.3 is 9.47 Å². The third-order valence-electron chi connectivity index (χ3n) is 4.84. The van der Waals surface area contributed by atoms with Gasteiger partial charge in [0.15, 0.2) is 11.7 Å². The highest BCUT2D eigenvalue weighted by Gasteiger charge is 2.30. The molecule has 1 heterocycles. The molecular weight excluding hydrogens is 348 g/mol. The monoisotopic (exact) mass is 374 g/mol. The second-order valence-corrected chi connectivity index (χ2v) is 8.79. The van der Waals surface area contributed by atoms with Crippen molar-refractivity contribution in [2.24, 2.45) is 11.3 Å². The van der Waals surface area contributed by atoms with Crippen molar-refractivity contribution in [3.05, 3.63) is 34.8 Å². The van der Waals surface area contributed by atoms with Crippen molar-refractivity contribution in [3.8, 4) is 11.5 Å². The fraction of sp³-hybridized carbons (Fsp3) is 0.500. The van der Waals surface area contributed by atoms with Crippen LogP contribution in [0, 0.1) is 11.3 Å². The van der Waals surface area contributed by atoms with E-state index < -0.39 is 0 Å². The largest absolute Gasteiger partial charge is 0.497 e. The molecule has 1 aromatic carbocycles. The van der Waals surface area contributed by atoms with Crippen LogP contribution in [0.25, 0.3) is 0 Å². The molecule has 26 heavy (non-hydrogen) atoms. The normalized spacial score (nSPS) is 16.7. The van der Waals surface area contributed by atoms with Crippen LogP contribution in [-0.4, -0.2) is 24.6 Å². The van der Waals surface area contributed by atoms with E-state index in [-0.39, 0.29) is 12.5 Å². The van der Waals surface area contributed by atoms with Crippen LogP contribution in [-0.2, 0) is 17.6 Å². The van der Waals surface area contributed by atoms with Crippen LogP contribution < -0.4 is 14.8 Å². The number of hydrogen-bond donors (Lipinski definition) is 1. The van der Waals surface area contributed by atoms with Crippen LogP contribution in [0.5, 0.6) is 11.5 Å². The Bertz CT molecular complexity index is 762. The zero-order valence-corrected chi connectivity index (χ0v) is 16.6. The Balaban J connectivity index is 1.54. The summed E-state index contributed by atoms with van der Waals surface area (Å²) in [6.07, 6.45) is 3.20. The number of thiazole rings is 1. The van der Waals surface area contributed by atoms with Crippen molar-refractivity contribution in [2.45, 2.75) is 40.0 Å². The Morgan fingerprint density at radius 1 is 1.27 bits per heavy atom. The molecule has 1 aromatic heterocycles. The number of carbonyl (C=O) groups excluding carboxylic acids is 1. The Hall–Kier alpha value is -2.08. The minimum absolute atomic E-state index is 0.0405. The van der Waals surface area contributed by atoms with Gasteiger partial charge in [-0.25, -0.2) is 4.98 Å². The number of nitrogens with zero attached hydrogens (tertiary/aromatic N) is 1. The number of hydrogen-bond acceptors (Lipinski definition) is 5. The van der Waals surface area contributed by atoms with Gasteiger partial charge in [-0.3, -0.25) is 10.1 Å². The number of rotatable bonds is 5. The smallest absolute Gasteiger partial charge is 0.264 e. The predicted molar refractivity (Wildman–Crippen MR) is 104 cm³/mol. The standard InChI is InChI=1S/C20H26N2O3S/c1-20(2,3)13-5-10-16-17(11-13)26-19(21-16)22-18(23)12-25-15-8-6-14(24-4)7-9-15/h6-9,13H,5,10-12H2,1-4H3,(H,21,22,23)/t13-/m0/s1. The van der Waals surface area contributed by atoms with E-state index in [1.165, 1.54) is 4.88 Å². The maximum absolute atomic E-state index is 12.2. The maximum atomic E-state index is 12.2. The number of amides is 1. The molecule has 0 fully saturated rings. The minimum Gasteiger partial charge on any atom is -0.497 e. The highest BCUT2D eigenvalue weighted by atomic mass is 32.1. The van der Waals surface area contributed by atoms with Crippen LogP contribution in [0.15, 0.2) is 24.3 Å². The van der Waals surface area contributed by atoms with Gasteiger partial charge in [-0.05, 0) is 54.9 Å². The SMILES string of the molecule is COc1ccc(OCC(=O)Nc2nc3c(s2)C[C@@H](C(C)(C)C)CC3)cc1. The quantitative estimate of drug-likeness (QED) is 0.847. The van der Waals surface area contributed by atoms with Gasteiger partial charge >= 0.3 is 0 Å². The summed E-state index contributed by atoms with van der Waals surface area (Å²) in [5.74, 6) is 1.85. The fourth-order valence-corrected chi connectivity index (χ4v) is 4.25. The summed E-state index contributed by atoms with van der Waals surface area (Å²) in [6.45, 7) is 6.84. The first-order valence-electron chi connectivity index (χ1n) is 8.90. The number of aromatic nitrogens is 1. The molecule has 0 saturated carbocycles. The van der Waals surface area contributed by atoms with Crippen LogP contribution in [0.4, 0.5) is 5.13 Å². The van der Waals surface area contributed by atoms with Crippen LogP contribution >= 0.6 is 11.3 Å². The zero-order valence-electron chi connectivity index (χ0n) is 15.8. The van der Waals surface area contributed by atoms with Crippen molar-refractivity contribution in [1.29, 1.82) is 0 Å². The summed E-state index contributed by atoms with van der Waals surface area (Å²) in [5, 5.41) is 3.54. The van der Waals surface area contributed by atoms with Crippen molar-refractivity contribution in [3.63, 3.8) is 0 Å². The number of methoxy groups -OCH3 is 1. The molecular formula is C20H26N2O3S. The predicted octanol–water partition coefficient (Wildman–Crippen LogP) is 4.32. The summed E-state index contributed by atoms with van der Waals surface area (Å²) in [6, 6.07) is 7.16. The van der Waals surface area contributed by atoms with E-state index in [1.54, 1.807) is 42.7 Å². The Labute approximate surface area is 158 Å². The minimum atomic E-state index is -0.195. The molecule has 2 aromatic rings. The summed E-state index contributed by atoms with van der Waals surface area (Å²) in [4.78, 5) is 18.1. The number of nitrogens with one attached hydrogen (secondary N) is 1. The van der Waals surface area contributed by atoms with Gasteiger partial charge in [0.05, 0.1) is 12.8 Å². The third-order valence-corrected chi connectivity index (χ3v) is 5.88. The molecule has 3 rings (SSSR count). The van der Waals surface area contributed by atoms with E-state index in [2.05, 4.69) is 31.1 Å². The molecule has 1 amide bonds. The van der Waals surface area contributed by atoms with Crippen molar-refractivity contribution >= 4 is 22.4 Å². The zero-order chi connectivity index (χ0) is 18.7. The molecule has 0 unspecified atom stereocenters. The van der Waals surface area contributed by atoms with Gasteiger partial charge in [0.25, 0.3) is 5.91 Å². The Morgan fingerprint density at radius 3 is 2.62 bits per heavy atom. The van der Waals surface area contributed by atoms with Gasteiger partial charge in [-0.2, -0.15) is 0 Å². The van der Waals surface area contributed by atoms with Crippen LogP contribution in [0.1, 0.15) is 37.8 Å². The molecule has 140 valence electrons. The number of ether oxygens (including phenoxy) is 2. The van der Waals surface area contributed by atoms with E-state index in [4.69, 9.17) is 9.47 Å². The number of benzene rings is 1. The van der Waals surface area contributed by atoms with E-state index in [1.807, 2.05) is 0 Å². The highest BCUT2D eigenvalue weighted by molar-refractivity contribution is 7.15. The van der Waals surface area contributed by atoms with Crippen molar-refractivity contribution in [2.75, 3.05) is 19.0 Å². The third kappa shape index (κ3) is 4.55.